The van der Waals surface area contributed by atoms with Crippen LogP contribution < -0.4 is 10.6 Å². The number of aromatic hydroxyl groups is 1. The van der Waals surface area contributed by atoms with Crippen LogP contribution in [0, 0.1) is 5.82 Å². The predicted octanol–water partition coefficient (Wildman–Crippen LogP) is 3.37. The van der Waals surface area contributed by atoms with Gasteiger partial charge in [0.1, 0.15) is 11.6 Å². The van der Waals surface area contributed by atoms with Gasteiger partial charge in [-0.05, 0) is 49.2 Å². The third-order valence-corrected chi connectivity index (χ3v) is 4.00. The molecule has 0 bridgehead atoms. The number of hydrogen-bond donors (Lipinski definition) is 3. The van der Waals surface area contributed by atoms with Crippen molar-refractivity contribution in [1.29, 1.82) is 0 Å². The van der Waals surface area contributed by atoms with Gasteiger partial charge in [0.25, 0.3) is 5.91 Å². The fraction of sp³-hybridized carbons (Fsp3) is 0.333. The molecule has 0 aliphatic heterocycles. The summed E-state index contributed by atoms with van der Waals surface area (Å²) in [6.07, 6.45) is 0.674. The Morgan fingerprint density at radius 1 is 1.17 bits per heavy atom. The summed E-state index contributed by atoms with van der Waals surface area (Å²) in [6, 6.07) is 12.7. The summed E-state index contributed by atoms with van der Waals surface area (Å²) in [5, 5.41) is 15.5. The van der Waals surface area contributed by atoms with Crippen molar-refractivity contribution < 1.29 is 14.3 Å². The molecular formula is C21H28FIN4O2. The van der Waals surface area contributed by atoms with Crippen LogP contribution in [0.5, 0.6) is 5.75 Å². The lowest BCUT2D eigenvalue weighted by Crippen LogP contribution is -2.38. The molecule has 8 heteroatoms. The molecule has 3 N–H and O–H groups in total. The van der Waals surface area contributed by atoms with E-state index < -0.39 is 0 Å². The number of aliphatic imine (C=N–C) groups is 1. The number of nitrogens with zero attached hydrogens (tertiary/aromatic N) is 2. The number of nitrogens with one attached hydrogen (secondary N) is 2. The molecule has 0 radical (unpaired) electrons. The Morgan fingerprint density at radius 2 is 1.93 bits per heavy atom. The molecule has 0 saturated carbocycles. The van der Waals surface area contributed by atoms with Crippen molar-refractivity contribution in [2.75, 3.05) is 26.7 Å². The predicted molar refractivity (Wildman–Crippen MR) is 124 cm³/mol. The lowest BCUT2D eigenvalue weighted by Gasteiger charge is -2.22. The van der Waals surface area contributed by atoms with Crippen molar-refractivity contribution in [2.24, 2.45) is 4.99 Å². The molecule has 2 aromatic carbocycles. The van der Waals surface area contributed by atoms with Crippen molar-refractivity contribution in [3.63, 3.8) is 0 Å². The van der Waals surface area contributed by atoms with Gasteiger partial charge >= 0.3 is 0 Å². The van der Waals surface area contributed by atoms with E-state index in [4.69, 9.17) is 0 Å². The maximum Gasteiger partial charge on any atom is 0.251 e. The monoisotopic (exact) mass is 514 g/mol. The van der Waals surface area contributed by atoms with E-state index in [9.17, 15) is 14.3 Å². The number of benzene rings is 2. The van der Waals surface area contributed by atoms with Crippen LogP contribution in [0.3, 0.4) is 0 Å². The van der Waals surface area contributed by atoms with Crippen molar-refractivity contribution in [2.45, 2.75) is 19.9 Å². The highest BCUT2D eigenvalue weighted by molar-refractivity contribution is 14.0. The average Bonchev–Trinajstić information content (AvgIpc) is 2.66. The second-order valence-corrected chi connectivity index (χ2v) is 6.38. The molecule has 0 aliphatic rings. The van der Waals surface area contributed by atoms with E-state index >= 15 is 0 Å². The summed E-state index contributed by atoms with van der Waals surface area (Å²) in [7, 11) is 1.90. The fourth-order valence-electron chi connectivity index (χ4n) is 2.67. The van der Waals surface area contributed by atoms with Crippen molar-refractivity contribution in [3.8, 4) is 5.75 Å². The number of rotatable bonds is 8. The minimum Gasteiger partial charge on any atom is -0.508 e. The first-order chi connectivity index (χ1) is 13.5. The number of carbonyl (C=O) groups excluding carboxylic acids is 1. The zero-order valence-electron chi connectivity index (χ0n) is 16.7. The first-order valence-electron chi connectivity index (χ1n) is 9.30. The first kappa shape index (κ1) is 24.7. The van der Waals surface area contributed by atoms with Gasteiger partial charge in [0.05, 0.1) is 0 Å². The number of guanidine groups is 1. The molecule has 0 heterocycles. The lowest BCUT2D eigenvalue weighted by molar-refractivity contribution is 0.0953. The molecule has 29 heavy (non-hydrogen) atoms. The summed E-state index contributed by atoms with van der Waals surface area (Å²) in [5.41, 5.74) is 1.29. The minimum absolute atomic E-state index is 0. The van der Waals surface area contributed by atoms with Crippen LogP contribution in [0.25, 0.3) is 0 Å². The van der Waals surface area contributed by atoms with E-state index in [2.05, 4.69) is 15.6 Å². The number of carbonyl (C=O) groups is 1. The maximum absolute atomic E-state index is 13.4. The number of amides is 1. The normalized spacial score (nSPS) is 10.8. The topological polar surface area (TPSA) is 77.0 Å². The second kappa shape index (κ2) is 13.0. The highest BCUT2D eigenvalue weighted by atomic mass is 127. The SMILES string of the molecule is CCNC(=NCCCNC(=O)c1cccc(O)c1)N(C)Cc1cccc(F)c1.I. The van der Waals surface area contributed by atoms with Crippen LogP contribution in [0.2, 0.25) is 0 Å². The van der Waals surface area contributed by atoms with Crippen LogP contribution in [0.4, 0.5) is 4.39 Å². The van der Waals surface area contributed by atoms with Gasteiger partial charge in [0.15, 0.2) is 5.96 Å². The Balaban J connectivity index is 0.00000420. The van der Waals surface area contributed by atoms with Gasteiger partial charge in [0.2, 0.25) is 0 Å². The van der Waals surface area contributed by atoms with Crippen molar-refractivity contribution >= 4 is 35.8 Å². The Kier molecular flexibility index (Phi) is 11.0. The van der Waals surface area contributed by atoms with E-state index in [1.54, 1.807) is 18.2 Å². The van der Waals surface area contributed by atoms with E-state index in [0.29, 0.717) is 31.6 Å². The summed E-state index contributed by atoms with van der Waals surface area (Å²) in [5.74, 6) is 0.310. The first-order valence-corrected chi connectivity index (χ1v) is 9.30. The molecule has 0 aliphatic carbocycles. The van der Waals surface area contributed by atoms with E-state index in [-0.39, 0.29) is 41.5 Å². The molecule has 2 aromatic rings. The quantitative estimate of drug-likeness (QED) is 0.219. The van der Waals surface area contributed by atoms with Crippen LogP contribution in [-0.4, -0.2) is 48.6 Å². The standard InChI is InChI=1S/C21H27FN4O2.HI/c1-3-23-21(26(2)15-16-7-4-9-18(22)13-16)25-12-6-11-24-20(28)17-8-5-10-19(27)14-17;/h4-5,7-10,13-14,27H,3,6,11-12,15H2,1-2H3,(H,23,25)(H,24,28);1H. The Hall–Kier alpha value is -2.36. The molecule has 0 atom stereocenters. The Morgan fingerprint density at radius 3 is 2.62 bits per heavy atom. The van der Waals surface area contributed by atoms with Crippen LogP contribution in [0.1, 0.15) is 29.3 Å². The largest absolute Gasteiger partial charge is 0.508 e. The molecule has 0 fully saturated rings. The molecule has 2 rings (SSSR count). The van der Waals surface area contributed by atoms with Gasteiger partial charge in [-0.15, -0.1) is 24.0 Å². The summed E-state index contributed by atoms with van der Waals surface area (Å²) < 4.78 is 13.4. The molecule has 158 valence electrons. The fourth-order valence-corrected chi connectivity index (χ4v) is 2.67. The van der Waals surface area contributed by atoms with Crippen LogP contribution >= 0.6 is 24.0 Å². The number of phenolic OH excluding ortho intramolecular Hbond substituents is 1. The maximum atomic E-state index is 13.4. The number of halogens is 2. The number of hydrogen-bond acceptors (Lipinski definition) is 3. The molecule has 0 aromatic heterocycles. The van der Waals surface area contributed by atoms with Crippen LogP contribution in [-0.2, 0) is 6.54 Å². The molecule has 6 nitrogen and oxygen atoms in total. The van der Waals surface area contributed by atoms with Crippen molar-refractivity contribution in [1.82, 2.24) is 15.5 Å². The molecular weight excluding hydrogens is 486 g/mol. The van der Waals surface area contributed by atoms with Gasteiger partial charge in [0, 0.05) is 38.8 Å². The summed E-state index contributed by atoms with van der Waals surface area (Å²) in [6.45, 7) is 4.26. The highest BCUT2D eigenvalue weighted by Gasteiger charge is 2.08. The number of phenols is 1. The molecule has 0 unspecified atom stereocenters. The third-order valence-electron chi connectivity index (χ3n) is 4.00. The van der Waals surface area contributed by atoms with Gasteiger partial charge in [-0.25, -0.2) is 4.39 Å². The summed E-state index contributed by atoms with van der Waals surface area (Å²) in [4.78, 5) is 18.5. The van der Waals surface area contributed by atoms with Crippen molar-refractivity contribution in [3.05, 3.63) is 65.5 Å². The van der Waals surface area contributed by atoms with E-state index in [1.165, 1.54) is 24.3 Å². The Bertz CT molecular complexity index is 817. The highest BCUT2D eigenvalue weighted by Crippen LogP contribution is 2.10. The van der Waals surface area contributed by atoms with E-state index in [1.807, 2.05) is 24.9 Å². The Labute approximate surface area is 188 Å². The minimum atomic E-state index is -0.254. The average molecular weight is 514 g/mol. The molecule has 1 amide bonds. The molecule has 0 spiro atoms. The van der Waals surface area contributed by atoms with Gasteiger partial charge in [-0.3, -0.25) is 9.79 Å². The zero-order chi connectivity index (χ0) is 20.4. The van der Waals surface area contributed by atoms with E-state index in [0.717, 1.165) is 18.1 Å². The zero-order valence-corrected chi connectivity index (χ0v) is 19.0. The van der Waals surface area contributed by atoms with Gasteiger partial charge in [-0.1, -0.05) is 18.2 Å². The van der Waals surface area contributed by atoms with Gasteiger partial charge < -0.3 is 20.6 Å². The van der Waals surface area contributed by atoms with Crippen LogP contribution in [0.15, 0.2) is 53.5 Å². The smallest absolute Gasteiger partial charge is 0.251 e. The second-order valence-electron chi connectivity index (χ2n) is 6.38. The summed E-state index contributed by atoms with van der Waals surface area (Å²) >= 11 is 0. The third kappa shape index (κ3) is 8.68. The molecule has 0 saturated heterocycles. The van der Waals surface area contributed by atoms with Gasteiger partial charge in [-0.2, -0.15) is 0 Å². The lowest BCUT2D eigenvalue weighted by atomic mass is 10.2.